The second-order valence-corrected chi connectivity index (χ2v) is 9.82. The smallest absolute Gasteiger partial charge is 0.171 e. The summed E-state index contributed by atoms with van der Waals surface area (Å²) < 4.78 is 18.7. The van der Waals surface area contributed by atoms with Gasteiger partial charge in [0.2, 0.25) is 0 Å². The van der Waals surface area contributed by atoms with Gasteiger partial charge in [0.05, 0.1) is 19.3 Å². The highest BCUT2D eigenvalue weighted by molar-refractivity contribution is 5.28. The van der Waals surface area contributed by atoms with E-state index in [0.29, 0.717) is 11.8 Å². The Morgan fingerprint density at radius 1 is 0.875 bits per heavy atom. The van der Waals surface area contributed by atoms with Crippen molar-refractivity contribution in [3.05, 3.63) is 0 Å². The first kappa shape index (κ1) is 15.0. The minimum Gasteiger partial charge on any atom is -0.393 e. The lowest BCUT2D eigenvalue weighted by Gasteiger charge is -2.53. The molecule has 2 aliphatic heterocycles. The van der Waals surface area contributed by atoms with Crippen LogP contribution in [0.4, 0.5) is 0 Å². The van der Waals surface area contributed by atoms with Crippen molar-refractivity contribution in [2.24, 2.45) is 23.2 Å². The Morgan fingerprint density at radius 2 is 1.71 bits per heavy atom. The third-order valence-corrected chi connectivity index (χ3v) is 9.22. The lowest BCUT2D eigenvalue weighted by atomic mass is 9.50. The van der Waals surface area contributed by atoms with E-state index in [-0.39, 0.29) is 28.5 Å². The van der Waals surface area contributed by atoms with Crippen LogP contribution in [-0.2, 0) is 14.2 Å². The Labute approximate surface area is 144 Å². The van der Waals surface area contributed by atoms with Crippen molar-refractivity contribution in [1.82, 2.24) is 0 Å². The molecule has 0 radical (unpaired) electrons. The highest BCUT2D eigenvalue weighted by Gasteiger charge is 2.80. The van der Waals surface area contributed by atoms with Crippen LogP contribution in [0.15, 0.2) is 0 Å². The van der Waals surface area contributed by atoms with Crippen LogP contribution in [0.25, 0.3) is 0 Å². The van der Waals surface area contributed by atoms with Gasteiger partial charge in [-0.3, -0.25) is 0 Å². The van der Waals surface area contributed by atoms with E-state index in [0.717, 1.165) is 44.8 Å². The molecule has 0 aromatic heterocycles. The summed E-state index contributed by atoms with van der Waals surface area (Å²) in [6.45, 7) is 3.84. The molecule has 6 aliphatic rings. The first-order chi connectivity index (χ1) is 11.5. The number of aliphatic hydroxyl groups excluding tert-OH is 1. The molecule has 1 spiro atoms. The lowest BCUT2D eigenvalue weighted by Crippen LogP contribution is -2.56. The normalized spacial score (nSPS) is 60.2. The molecule has 0 aromatic rings. The van der Waals surface area contributed by atoms with Crippen LogP contribution in [0.2, 0.25) is 0 Å². The summed E-state index contributed by atoms with van der Waals surface area (Å²) in [6, 6.07) is 0. The van der Waals surface area contributed by atoms with Crippen LogP contribution in [0.5, 0.6) is 0 Å². The van der Waals surface area contributed by atoms with Crippen molar-refractivity contribution in [2.75, 3.05) is 13.2 Å². The SMILES string of the molecule is C[C@]12CCC3C(CC[C@@]45CC6(CC[C@@]34O5)OCCO6)C1CC[C@@H]2O. The molecule has 0 aromatic carbocycles. The third-order valence-electron chi connectivity index (χ3n) is 9.22. The predicted octanol–water partition coefficient (Wildman–Crippen LogP) is 3.02. The minimum atomic E-state index is -0.334. The highest BCUT2D eigenvalue weighted by Crippen LogP contribution is 2.74. The first-order valence-electron chi connectivity index (χ1n) is 10.2. The molecule has 3 unspecified atom stereocenters. The summed E-state index contributed by atoms with van der Waals surface area (Å²) in [4.78, 5) is 0. The van der Waals surface area contributed by atoms with E-state index in [1.807, 2.05) is 0 Å². The second-order valence-electron chi connectivity index (χ2n) is 9.82. The van der Waals surface area contributed by atoms with Gasteiger partial charge in [0.15, 0.2) is 5.79 Å². The zero-order valence-corrected chi connectivity index (χ0v) is 14.8. The standard InChI is InChI=1S/C20H30O4/c1-17-6-5-15-13(14(17)2-3-16(17)21)4-7-18-12-19(22-10-11-23-19)8-9-20(15,18)24-18/h13-16,21H,2-12H2,1H3/t13?,14?,15?,16-,17-,18+,20+/m0/s1. The van der Waals surface area contributed by atoms with Gasteiger partial charge in [0.25, 0.3) is 0 Å². The quantitative estimate of drug-likeness (QED) is 0.692. The molecule has 1 N–H and O–H groups in total. The zero-order valence-electron chi connectivity index (χ0n) is 14.8. The van der Waals surface area contributed by atoms with Gasteiger partial charge in [0.1, 0.15) is 11.2 Å². The molecule has 6 rings (SSSR count). The molecule has 24 heavy (non-hydrogen) atoms. The number of hydrogen-bond donors (Lipinski definition) is 1. The number of epoxide rings is 1. The van der Waals surface area contributed by atoms with Crippen molar-refractivity contribution >= 4 is 0 Å². The second kappa shape index (κ2) is 4.39. The molecule has 7 atom stereocenters. The third kappa shape index (κ3) is 1.57. The van der Waals surface area contributed by atoms with Crippen molar-refractivity contribution < 1.29 is 19.3 Å². The molecule has 4 saturated carbocycles. The van der Waals surface area contributed by atoms with Gasteiger partial charge < -0.3 is 19.3 Å². The molecule has 6 fully saturated rings. The molecular weight excluding hydrogens is 304 g/mol. The Balaban J connectivity index is 1.31. The van der Waals surface area contributed by atoms with E-state index >= 15 is 0 Å². The van der Waals surface area contributed by atoms with Crippen LogP contribution in [0.3, 0.4) is 0 Å². The topological polar surface area (TPSA) is 51.2 Å². The predicted molar refractivity (Wildman–Crippen MR) is 87.3 cm³/mol. The Bertz CT molecular complexity index is 572. The number of rotatable bonds is 0. The van der Waals surface area contributed by atoms with Gasteiger partial charge in [-0.05, 0) is 68.1 Å². The number of aliphatic hydroxyl groups is 1. The molecule has 0 bridgehead atoms. The molecule has 2 saturated heterocycles. The fraction of sp³-hybridized carbons (Fsp3) is 1.00. The molecular formula is C20H30O4. The maximum atomic E-state index is 10.6. The molecule has 4 aliphatic carbocycles. The molecule has 0 amide bonds. The Hall–Kier alpha value is -0.160. The van der Waals surface area contributed by atoms with Crippen LogP contribution in [0.1, 0.15) is 64.7 Å². The molecule has 2 heterocycles. The number of fused-ring (bicyclic) bond motifs is 3. The lowest BCUT2D eigenvalue weighted by molar-refractivity contribution is -0.191. The summed E-state index contributed by atoms with van der Waals surface area (Å²) in [5.74, 6) is 1.83. The monoisotopic (exact) mass is 334 g/mol. The fourth-order valence-electron chi connectivity index (χ4n) is 8.02. The average Bonchev–Trinajstić information content (AvgIpc) is 2.88. The van der Waals surface area contributed by atoms with E-state index in [2.05, 4.69) is 6.92 Å². The average molecular weight is 334 g/mol. The summed E-state index contributed by atoms with van der Waals surface area (Å²) in [6.07, 6.45) is 10.1. The van der Waals surface area contributed by atoms with Gasteiger partial charge in [0, 0.05) is 12.8 Å². The van der Waals surface area contributed by atoms with Crippen molar-refractivity contribution in [3.63, 3.8) is 0 Å². The Kier molecular flexibility index (Phi) is 2.73. The van der Waals surface area contributed by atoms with Gasteiger partial charge in [-0.2, -0.15) is 0 Å². The van der Waals surface area contributed by atoms with Gasteiger partial charge in [-0.15, -0.1) is 0 Å². The van der Waals surface area contributed by atoms with E-state index in [1.165, 1.54) is 32.1 Å². The fourth-order valence-corrected chi connectivity index (χ4v) is 8.02. The summed E-state index contributed by atoms with van der Waals surface area (Å²) >= 11 is 0. The summed E-state index contributed by atoms with van der Waals surface area (Å²) in [5.41, 5.74) is 0.327. The Morgan fingerprint density at radius 3 is 2.54 bits per heavy atom. The van der Waals surface area contributed by atoms with E-state index < -0.39 is 0 Å². The minimum absolute atomic E-state index is 0.0434. The van der Waals surface area contributed by atoms with Crippen molar-refractivity contribution in [1.29, 1.82) is 0 Å². The van der Waals surface area contributed by atoms with Crippen LogP contribution in [0, 0.1) is 23.2 Å². The van der Waals surface area contributed by atoms with E-state index in [4.69, 9.17) is 14.2 Å². The highest BCUT2D eigenvalue weighted by atomic mass is 16.7. The largest absolute Gasteiger partial charge is 0.393 e. The summed E-state index contributed by atoms with van der Waals surface area (Å²) in [7, 11) is 0. The maximum Gasteiger partial charge on any atom is 0.171 e. The van der Waals surface area contributed by atoms with Gasteiger partial charge in [-0.25, -0.2) is 0 Å². The summed E-state index contributed by atoms with van der Waals surface area (Å²) in [5, 5.41) is 10.6. The first-order valence-corrected chi connectivity index (χ1v) is 10.2. The van der Waals surface area contributed by atoms with Crippen LogP contribution in [-0.4, -0.2) is 41.4 Å². The van der Waals surface area contributed by atoms with Crippen LogP contribution < -0.4 is 0 Å². The number of ether oxygens (including phenoxy) is 3. The molecule has 134 valence electrons. The van der Waals surface area contributed by atoms with Gasteiger partial charge >= 0.3 is 0 Å². The van der Waals surface area contributed by atoms with E-state index in [1.54, 1.807) is 0 Å². The van der Waals surface area contributed by atoms with Crippen molar-refractivity contribution in [3.8, 4) is 0 Å². The van der Waals surface area contributed by atoms with E-state index in [9.17, 15) is 5.11 Å². The maximum absolute atomic E-state index is 10.6. The zero-order chi connectivity index (χ0) is 16.2. The molecule has 4 heteroatoms. The number of hydrogen-bond acceptors (Lipinski definition) is 4. The van der Waals surface area contributed by atoms with Gasteiger partial charge in [-0.1, -0.05) is 6.92 Å². The molecule has 4 nitrogen and oxygen atoms in total. The van der Waals surface area contributed by atoms with Crippen molar-refractivity contribution in [2.45, 2.75) is 87.8 Å². The van der Waals surface area contributed by atoms with Crippen LogP contribution >= 0.6 is 0 Å².